The Morgan fingerprint density at radius 2 is 2.20 bits per heavy atom. The monoisotopic (exact) mass is 277 g/mol. The van der Waals surface area contributed by atoms with E-state index in [9.17, 15) is 9.59 Å². The molecule has 0 radical (unpaired) electrons. The highest BCUT2D eigenvalue weighted by Gasteiger charge is 2.27. The lowest BCUT2D eigenvalue weighted by molar-refractivity contribution is -0.138. The molecule has 0 bridgehead atoms. The fourth-order valence-electron chi connectivity index (χ4n) is 2.44. The lowest BCUT2D eigenvalue weighted by Gasteiger charge is -2.21. The molecule has 1 aliphatic rings. The number of rotatable bonds is 5. The second kappa shape index (κ2) is 6.52. The summed E-state index contributed by atoms with van der Waals surface area (Å²) >= 11 is 0. The van der Waals surface area contributed by atoms with Crippen LogP contribution < -0.4 is 5.32 Å². The molecule has 0 spiro atoms. The maximum absolute atomic E-state index is 12.1. The van der Waals surface area contributed by atoms with Crippen LogP contribution in [0.3, 0.4) is 0 Å². The number of hydrogen-bond acceptors (Lipinski definition) is 3. The molecule has 1 aromatic carbocycles. The summed E-state index contributed by atoms with van der Waals surface area (Å²) in [6.45, 7) is 2.49. The molecular formula is C15H19NO4. The fraction of sp³-hybridized carbons (Fsp3) is 0.467. The zero-order valence-corrected chi connectivity index (χ0v) is 11.5. The number of carboxylic acid groups (broad SMARTS) is 1. The van der Waals surface area contributed by atoms with Crippen LogP contribution in [0.5, 0.6) is 0 Å². The molecule has 2 rings (SSSR count). The average Bonchev–Trinajstić information content (AvgIpc) is 2.92. The van der Waals surface area contributed by atoms with Crippen molar-refractivity contribution in [3.05, 3.63) is 35.4 Å². The summed E-state index contributed by atoms with van der Waals surface area (Å²) in [5.41, 5.74) is 1.80. The van der Waals surface area contributed by atoms with Crippen LogP contribution in [0.1, 0.15) is 36.4 Å². The van der Waals surface area contributed by atoms with Crippen LogP contribution in [0.2, 0.25) is 0 Å². The van der Waals surface area contributed by atoms with Gasteiger partial charge in [0.05, 0.1) is 12.5 Å². The quantitative estimate of drug-likeness (QED) is 0.860. The molecule has 1 saturated heterocycles. The molecule has 5 heteroatoms. The number of carboxylic acids is 1. The predicted octanol–water partition coefficient (Wildman–Crippen LogP) is 1.81. The maximum atomic E-state index is 12.1. The van der Waals surface area contributed by atoms with Crippen molar-refractivity contribution in [2.75, 3.05) is 6.61 Å². The van der Waals surface area contributed by atoms with Crippen LogP contribution in [-0.2, 0) is 14.3 Å². The fourth-order valence-corrected chi connectivity index (χ4v) is 2.44. The van der Waals surface area contributed by atoms with Crippen LogP contribution >= 0.6 is 0 Å². The molecule has 20 heavy (non-hydrogen) atoms. The molecule has 0 aromatic heterocycles. The van der Waals surface area contributed by atoms with Crippen LogP contribution in [-0.4, -0.2) is 29.7 Å². The van der Waals surface area contributed by atoms with E-state index in [2.05, 4.69) is 5.32 Å². The highest BCUT2D eigenvalue weighted by molar-refractivity contribution is 5.82. The van der Waals surface area contributed by atoms with Crippen LogP contribution in [0.4, 0.5) is 0 Å². The number of ether oxygens (including phenoxy) is 1. The minimum absolute atomic E-state index is 0.136. The largest absolute Gasteiger partial charge is 0.481 e. The Hall–Kier alpha value is -1.88. The van der Waals surface area contributed by atoms with Crippen molar-refractivity contribution < 1.29 is 19.4 Å². The van der Waals surface area contributed by atoms with Crippen LogP contribution in [0, 0.1) is 6.92 Å². The van der Waals surface area contributed by atoms with Crippen molar-refractivity contribution in [1.29, 1.82) is 0 Å². The SMILES string of the molecule is Cc1ccccc1C(CC(=O)O)NC(=O)C1CCCO1. The van der Waals surface area contributed by atoms with Crippen molar-refractivity contribution in [3.63, 3.8) is 0 Å². The molecular weight excluding hydrogens is 258 g/mol. The number of carbonyl (C=O) groups is 2. The molecule has 1 aliphatic heterocycles. The van der Waals surface area contributed by atoms with Gasteiger partial charge in [-0.05, 0) is 30.9 Å². The average molecular weight is 277 g/mol. The normalized spacial score (nSPS) is 19.6. The second-order valence-electron chi connectivity index (χ2n) is 5.02. The zero-order chi connectivity index (χ0) is 14.5. The number of hydrogen-bond donors (Lipinski definition) is 2. The zero-order valence-electron chi connectivity index (χ0n) is 11.5. The summed E-state index contributed by atoms with van der Waals surface area (Å²) in [6, 6.07) is 6.96. The molecule has 1 heterocycles. The van der Waals surface area contributed by atoms with E-state index in [1.165, 1.54) is 0 Å². The molecule has 2 unspecified atom stereocenters. The second-order valence-corrected chi connectivity index (χ2v) is 5.02. The van der Waals surface area contributed by atoms with E-state index in [0.29, 0.717) is 13.0 Å². The van der Waals surface area contributed by atoms with Gasteiger partial charge in [0.2, 0.25) is 5.91 Å². The van der Waals surface area contributed by atoms with Gasteiger partial charge in [0.1, 0.15) is 6.10 Å². The van der Waals surface area contributed by atoms with Gasteiger partial charge < -0.3 is 15.2 Å². The van der Waals surface area contributed by atoms with Gasteiger partial charge in [-0.2, -0.15) is 0 Å². The third-order valence-electron chi connectivity index (χ3n) is 3.48. The van der Waals surface area contributed by atoms with E-state index >= 15 is 0 Å². The minimum atomic E-state index is -0.939. The lowest BCUT2D eigenvalue weighted by atomic mass is 9.98. The summed E-state index contributed by atoms with van der Waals surface area (Å²) in [4.78, 5) is 23.1. The first-order chi connectivity index (χ1) is 9.58. The predicted molar refractivity (Wildman–Crippen MR) is 73.3 cm³/mol. The molecule has 2 atom stereocenters. The first-order valence-corrected chi connectivity index (χ1v) is 6.77. The van der Waals surface area contributed by atoms with Crippen molar-refractivity contribution in [1.82, 2.24) is 5.32 Å². The third kappa shape index (κ3) is 3.57. The minimum Gasteiger partial charge on any atom is -0.481 e. The van der Waals surface area contributed by atoms with E-state index in [0.717, 1.165) is 17.5 Å². The smallest absolute Gasteiger partial charge is 0.305 e. The molecule has 2 N–H and O–H groups in total. The Bertz CT molecular complexity index is 494. The number of aliphatic carboxylic acids is 1. The highest BCUT2D eigenvalue weighted by atomic mass is 16.5. The van der Waals surface area contributed by atoms with E-state index in [1.807, 2.05) is 31.2 Å². The number of nitrogens with one attached hydrogen (secondary N) is 1. The van der Waals surface area contributed by atoms with Gasteiger partial charge in [0.25, 0.3) is 0 Å². The van der Waals surface area contributed by atoms with E-state index in [-0.39, 0.29) is 12.3 Å². The summed E-state index contributed by atoms with van der Waals surface area (Å²) in [5, 5.41) is 11.8. The van der Waals surface area contributed by atoms with Crippen LogP contribution in [0.15, 0.2) is 24.3 Å². The standard InChI is InChI=1S/C15H19NO4/c1-10-5-2-3-6-11(10)12(9-14(17)18)16-15(19)13-7-4-8-20-13/h2-3,5-6,12-13H,4,7-9H2,1H3,(H,16,19)(H,17,18). The van der Waals surface area contributed by atoms with Gasteiger partial charge >= 0.3 is 5.97 Å². The van der Waals surface area contributed by atoms with Gasteiger partial charge in [0, 0.05) is 6.61 Å². The molecule has 108 valence electrons. The van der Waals surface area contributed by atoms with Crippen LogP contribution in [0.25, 0.3) is 0 Å². The summed E-state index contributed by atoms with van der Waals surface area (Å²) < 4.78 is 5.33. The Morgan fingerprint density at radius 1 is 1.45 bits per heavy atom. The first-order valence-electron chi connectivity index (χ1n) is 6.77. The highest BCUT2D eigenvalue weighted by Crippen LogP contribution is 2.22. The summed E-state index contributed by atoms with van der Waals surface area (Å²) in [5.74, 6) is -1.16. The van der Waals surface area contributed by atoms with Gasteiger partial charge in [-0.1, -0.05) is 24.3 Å². The van der Waals surface area contributed by atoms with E-state index in [1.54, 1.807) is 0 Å². The molecule has 0 aliphatic carbocycles. The van der Waals surface area contributed by atoms with Gasteiger partial charge in [-0.15, -0.1) is 0 Å². The Morgan fingerprint density at radius 3 is 2.80 bits per heavy atom. The molecule has 1 amide bonds. The first kappa shape index (κ1) is 14.5. The summed E-state index contributed by atoms with van der Waals surface area (Å²) in [7, 11) is 0. The number of aryl methyl sites for hydroxylation is 1. The maximum Gasteiger partial charge on any atom is 0.305 e. The third-order valence-corrected chi connectivity index (χ3v) is 3.48. The lowest BCUT2D eigenvalue weighted by Crippen LogP contribution is -2.37. The van der Waals surface area contributed by atoms with Gasteiger partial charge in [-0.25, -0.2) is 0 Å². The van der Waals surface area contributed by atoms with Gasteiger partial charge in [-0.3, -0.25) is 9.59 Å². The topological polar surface area (TPSA) is 75.6 Å². The van der Waals surface area contributed by atoms with Crippen molar-refractivity contribution in [3.8, 4) is 0 Å². The number of benzene rings is 1. The van der Waals surface area contributed by atoms with Crippen molar-refractivity contribution >= 4 is 11.9 Å². The molecule has 0 saturated carbocycles. The number of carbonyl (C=O) groups excluding carboxylic acids is 1. The molecule has 1 fully saturated rings. The Labute approximate surface area is 117 Å². The molecule has 1 aromatic rings. The Balaban J connectivity index is 2.13. The van der Waals surface area contributed by atoms with Crippen molar-refractivity contribution in [2.24, 2.45) is 0 Å². The van der Waals surface area contributed by atoms with Crippen molar-refractivity contribution in [2.45, 2.75) is 38.3 Å². The van der Waals surface area contributed by atoms with E-state index < -0.39 is 18.1 Å². The summed E-state index contributed by atoms with van der Waals surface area (Å²) in [6.07, 6.45) is 0.977. The molecule has 5 nitrogen and oxygen atoms in total. The van der Waals surface area contributed by atoms with E-state index in [4.69, 9.17) is 9.84 Å². The number of amides is 1. The Kier molecular flexibility index (Phi) is 4.74. The van der Waals surface area contributed by atoms with Gasteiger partial charge in [0.15, 0.2) is 0 Å².